The van der Waals surface area contributed by atoms with Gasteiger partial charge >= 0.3 is 0 Å². The van der Waals surface area contributed by atoms with Gasteiger partial charge in [0.2, 0.25) is 5.91 Å². The molecule has 3 N–H and O–H groups in total. The molecule has 6 heteroatoms. The van der Waals surface area contributed by atoms with Gasteiger partial charge in [-0.3, -0.25) is 4.79 Å². The molecule has 4 nitrogen and oxygen atoms in total. The van der Waals surface area contributed by atoms with E-state index in [1.807, 2.05) is 18.2 Å². The van der Waals surface area contributed by atoms with Crippen molar-refractivity contribution in [2.45, 2.75) is 18.6 Å². The molecule has 0 radical (unpaired) electrons. The molecule has 92 valence electrons. The summed E-state index contributed by atoms with van der Waals surface area (Å²) >= 11 is 6.73. The normalized spacial score (nSPS) is 23.7. The van der Waals surface area contributed by atoms with Crippen LogP contribution in [-0.4, -0.2) is 29.7 Å². The number of carbonyl (C=O) groups excluding carboxylic acids is 1. The topological polar surface area (TPSA) is 61.4 Å². The Hall–Kier alpha value is -0.430. The van der Waals surface area contributed by atoms with Crippen LogP contribution in [0.15, 0.2) is 27.1 Å². The number of anilines is 1. The van der Waals surface area contributed by atoms with Crippen LogP contribution in [0.25, 0.3) is 0 Å². The van der Waals surface area contributed by atoms with Crippen LogP contribution in [0.3, 0.4) is 0 Å². The molecule has 1 aromatic carbocycles. The van der Waals surface area contributed by atoms with E-state index in [4.69, 9.17) is 0 Å². The highest BCUT2D eigenvalue weighted by atomic mass is 79.9. The summed E-state index contributed by atoms with van der Waals surface area (Å²) in [6.45, 7) is 0.470. The minimum Gasteiger partial charge on any atom is -0.392 e. The average molecular weight is 364 g/mol. The lowest BCUT2D eigenvalue weighted by Gasteiger charge is -2.12. The van der Waals surface area contributed by atoms with E-state index in [-0.39, 0.29) is 11.9 Å². The maximum atomic E-state index is 11.9. The number of aliphatic hydroxyl groups excluding tert-OH is 1. The van der Waals surface area contributed by atoms with E-state index in [9.17, 15) is 9.90 Å². The Morgan fingerprint density at radius 3 is 2.88 bits per heavy atom. The van der Waals surface area contributed by atoms with Gasteiger partial charge in [-0.25, -0.2) is 0 Å². The number of hydrogen-bond donors (Lipinski definition) is 3. The van der Waals surface area contributed by atoms with Crippen molar-refractivity contribution in [3.05, 3.63) is 27.1 Å². The summed E-state index contributed by atoms with van der Waals surface area (Å²) in [5.74, 6) is -0.125. The van der Waals surface area contributed by atoms with Gasteiger partial charge in [-0.2, -0.15) is 0 Å². The molecule has 0 saturated carbocycles. The standard InChI is InChI=1S/C11H12Br2N2O2/c12-6-1-2-8(13)9(3-6)15-11(17)10-4-7(16)5-14-10/h1-3,7,10,14,16H,4-5H2,(H,15,17). The molecule has 1 amide bonds. The van der Waals surface area contributed by atoms with Crippen LogP contribution in [-0.2, 0) is 4.79 Å². The third-order valence-electron chi connectivity index (χ3n) is 2.61. The first-order chi connectivity index (χ1) is 8.06. The largest absolute Gasteiger partial charge is 0.392 e. The highest BCUT2D eigenvalue weighted by Crippen LogP contribution is 2.26. The minimum absolute atomic E-state index is 0.125. The smallest absolute Gasteiger partial charge is 0.241 e. The maximum absolute atomic E-state index is 11.9. The summed E-state index contributed by atoms with van der Waals surface area (Å²) in [6.07, 6.45) is 0.0222. The fraction of sp³-hybridized carbons (Fsp3) is 0.364. The molecule has 1 aliphatic heterocycles. The van der Waals surface area contributed by atoms with Crippen molar-refractivity contribution >= 4 is 43.5 Å². The molecule has 0 aliphatic carbocycles. The third-order valence-corrected chi connectivity index (χ3v) is 3.80. The zero-order chi connectivity index (χ0) is 12.4. The molecule has 2 rings (SSSR count). The minimum atomic E-state index is -0.434. The van der Waals surface area contributed by atoms with Crippen LogP contribution >= 0.6 is 31.9 Å². The number of carbonyl (C=O) groups is 1. The van der Waals surface area contributed by atoms with Crippen molar-refractivity contribution in [1.82, 2.24) is 5.32 Å². The van der Waals surface area contributed by atoms with Gasteiger partial charge in [0.15, 0.2) is 0 Å². The third kappa shape index (κ3) is 3.28. The fourth-order valence-corrected chi connectivity index (χ4v) is 2.44. The number of hydrogen-bond acceptors (Lipinski definition) is 3. The monoisotopic (exact) mass is 362 g/mol. The zero-order valence-electron chi connectivity index (χ0n) is 8.91. The molecule has 2 unspecified atom stereocenters. The van der Waals surface area contributed by atoms with Crippen LogP contribution in [0.5, 0.6) is 0 Å². The van der Waals surface area contributed by atoms with Crippen LogP contribution < -0.4 is 10.6 Å². The van der Waals surface area contributed by atoms with Gasteiger partial charge in [-0.05, 0) is 40.5 Å². The molecule has 0 spiro atoms. The summed E-state index contributed by atoms with van der Waals surface area (Å²) in [5, 5.41) is 15.1. The number of nitrogens with one attached hydrogen (secondary N) is 2. The molecule has 1 fully saturated rings. The summed E-state index contributed by atoms with van der Waals surface area (Å²) in [7, 11) is 0. The van der Waals surface area contributed by atoms with E-state index in [1.165, 1.54) is 0 Å². The van der Waals surface area contributed by atoms with Gasteiger partial charge in [0.25, 0.3) is 0 Å². The van der Waals surface area contributed by atoms with Crippen molar-refractivity contribution < 1.29 is 9.90 Å². The molecular weight excluding hydrogens is 352 g/mol. The van der Waals surface area contributed by atoms with E-state index in [0.717, 1.165) is 8.95 Å². The van der Waals surface area contributed by atoms with Gasteiger partial charge < -0.3 is 15.7 Å². The predicted molar refractivity (Wildman–Crippen MR) is 72.9 cm³/mol. The molecule has 1 aliphatic rings. The number of rotatable bonds is 2. The fourth-order valence-electron chi connectivity index (χ4n) is 1.73. The van der Waals surface area contributed by atoms with Gasteiger partial charge in [0.05, 0.1) is 17.8 Å². The lowest BCUT2D eigenvalue weighted by atomic mass is 10.2. The summed E-state index contributed by atoms with van der Waals surface area (Å²) < 4.78 is 1.73. The van der Waals surface area contributed by atoms with E-state index in [1.54, 1.807) is 0 Å². The van der Waals surface area contributed by atoms with E-state index < -0.39 is 6.10 Å². The Morgan fingerprint density at radius 2 is 2.24 bits per heavy atom. The molecule has 17 heavy (non-hydrogen) atoms. The van der Waals surface area contributed by atoms with Crippen molar-refractivity contribution in [2.75, 3.05) is 11.9 Å². The molecule has 1 saturated heterocycles. The Labute approximate surface area is 116 Å². The summed E-state index contributed by atoms with van der Waals surface area (Å²) in [4.78, 5) is 11.9. The molecule has 0 aromatic heterocycles. The Bertz CT molecular complexity index is 439. The quantitative estimate of drug-likeness (QED) is 0.751. The highest BCUT2D eigenvalue weighted by Gasteiger charge is 2.28. The Kier molecular flexibility index (Phi) is 4.19. The second-order valence-corrected chi connectivity index (χ2v) is 5.73. The number of amides is 1. The molecule has 0 bridgehead atoms. The molecule has 2 atom stereocenters. The Balaban J connectivity index is 2.05. The first-order valence-electron chi connectivity index (χ1n) is 5.23. The Morgan fingerprint density at radius 1 is 1.47 bits per heavy atom. The second-order valence-electron chi connectivity index (χ2n) is 3.96. The van der Waals surface area contributed by atoms with Crippen LogP contribution in [0.1, 0.15) is 6.42 Å². The van der Waals surface area contributed by atoms with Crippen LogP contribution in [0, 0.1) is 0 Å². The zero-order valence-corrected chi connectivity index (χ0v) is 12.1. The lowest BCUT2D eigenvalue weighted by Crippen LogP contribution is -2.35. The average Bonchev–Trinajstić information content (AvgIpc) is 2.70. The summed E-state index contributed by atoms with van der Waals surface area (Å²) in [6, 6.07) is 5.25. The highest BCUT2D eigenvalue weighted by molar-refractivity contribution is 9.11. The van der Waals surface area contributed by atoms with E-state index in [0.29, 0.717) is 18.7 Å². The molecule has 1 heterocycles. The number of β-amino-alcohol motifs (C(OH)–C–C–N with tert-alkyl or cyclic N) is 1. The number of aliphatic hydroxyl groups is 1. The number of halogens is 2. The SMILES string of the molecule is O=C(Nc1cc(Br)ccc1Br)C1CC(O)CN1. The lowest BCUT2D eigenvalue weighted by molar-refractivity contribution is -0.117. The van der Waals surface area contributed by atoms with Gasteiger partial charge in [-0.15, -0.1) is 0 Å². The van der Waals surface area contributed by atoms with Crippen molar-refractivity contribution in [3.63, 3.8) is 0 Å². The second kappa shape index (κ2) is 5.48. The number of benzene rings is 1. The first kappa shape index (κ1) is 13.0. The van der Waals surface area contributed by atoms with Crippen LogP contribution in [0.2, 0.25) is 0 Å². The van der Waals surface area contributed by atoms with E-state index in [2.05, 4.69) is 42.5 Å². The van der Waals surface area contributed by atoms with Crippen molar-refractivity contribution in [3.8, 4) is 0 Å². The molecule has 1 aromatic rings. The van der Waals surface area contributed by atoms with Gasteiger partial charge in [-0.1, -0.05) is 15.9 Å². The maximum Gasteiger partial charge on any atom is 0.241 e. The first-order valence-corrected chi connectivity index (χ1v) is 6.82. The van der Waals surface area contributed by atoms with E-state index >= 15 is 0 Å². The molecular formula is C11H12Br2N2O2. The predicted octanol–water partition coefficient (Wildman–Crippen LogP) is 1.87. The summed E-state index contributed by atoms with van der Waals surface area (Å²) in [5.41, 5.74) is 0.715. The van der Waals surface area contributed by atoms with Crippen molar-refractivity contribution in [1.29, 1.82) is 0 Å². The van der Waals surface area contributed by atoms with Gasteiger partial charge in [0.1, 0.15) is 0 Å². The van der Waals surface area contributed by atoms with Crippen LogP contribution in [0.4, 0.5) is 5.69 Å². The van der Waals surface area contributed by atoms with Crippen molar-refractivity contribution in [2.24, 2.45) is 0 Å². The van der Waals surface area contributed by atoms with Gasteiger partial charge in [0, 0.05) is 15.5 Å².